The molecule has 0 radical (unpaired) electrons. The molecule has 1 aliphatic heterocycles. The van der Waals surface area contributed by atoms with Gasteiger partial charge in [0.05, 0.1) is 12.7 Å². The van der Waals surface area contributed by atoms with E-state index in [1.165, 1.54) is 6.42 Å². The minimum atomic E-state index is 0.0938. The molecule has 2 heterocycles. The summed E-state index contributed by atoms with van der Waals surface area (Å²) in [5, 5.41) is 0. The lowest BCUT2D eigenvalue weighted by molar-refractivity contribution is -0.0413. The second kappa shape index (κ2) is 7.03. The van der Waals surface area contributed by atoms with Gasteiger partial charge in [0.2, 0.25) is 0 Å². The van der Waals surface area contributed by atoms with Crippen LogP contribution in [0.4, 0.5) is 0 Å². The van der Waals surface area contributed by atoms with Crippen LogP contribution in [0.3, 0.4) is 0 Å². The third kappa shape index (κ3) is 4.03. The Morgan fingerprint density at radius 3 is 3.11 bits per heavy atom. The van der Waals surface area contributed by atoms with Crippen molar-refractivity contribution in [2.45, 2.75) is 38.3 Å². The Kier molecular flexibility index (Phi) is 5.36. The zero-order valence-electron chi connectivity index (χ0n) is 12.1. The molecule has 1 aliphatic rings. The molecule has 0 aromatic carbocycles. The Hall–Kier alpha value is -0.910. The molecule has 5 nitrogen and oxygen atoms in total. The van der Waals surface area contributed by atoms with Crippen molar-refractivity contribution in [2.75, 3.05) is 26.2 Å². The van der Waals surface area contributed by atoms with Crippen LogP contribution in [0.15, 0.2) is 12.4 Å². The highest BCUT2D eigenvalue weighted by atomic mass is 16.5. The number of hydrogen-bond donors (Lipinski definition) is 1. The van der Waals surface area contributed by atoms with E-state index in [4.69, 9.17) is 10.5 Å². The fraction of sp³-hybridized carbons (Fsp3) is 0.786. The maximum Gasteiger partial charge on any atom is 0.108 e. The van der Waals surface area contributed by atoms with Crippen molar-refractivity contribution in [3.05, 3.63) is 18.2 Å². The van der Waals surface area contributed by atoms with E-state index >= 15 is 0 Å². The molecule has 1 fully saturated rings. The van der Waals surface area contributed by atoms with Gasteiger partial charge in [0.1, 0.15) is 5.82 Å². The van der Waals surface area contributed by atoms with Gasteiger partial charge in [-0.15, -0.1) is 0 Å². The lowest BCUT2D eigenvalue weighted by Gasteiger charge is -2.35. The van der Waals surface area contributed by atoms with E-state index in [0.29, 0.717) is 0 Å². The van der Waals surface area contributed by atoms with Gasteiger partial charge in [-0.1, -0.05) is 6.92 Å². The van der Waals surface area contributed by atoms with Crippen molar-refractivity contribution >= 4 is 0 Å². The monoisotopic (exact) mass is 266 g/mol. The molecule has 2 rings (SSSR count). The lowest BCUT2D eigenvalue weighted by Crippen LogP contribution is -2.50. The average molecular weight is 266 g/mol. The molecule has 1 aromatic heterocycles. The third-order valence-corrected chi connectivity index (χ3v) is 3.82. The highest BCUT2D eigenvalue weighted by Gasteiger charge is 2.25. The Bertz CT molecular complexity index is 377. The molecule has 1 saturated heterocycles. The summed E-state index contributed by atoms with van der Waals surface area (Å²) in [7, 11) is 2.02. The summed E-state index contributed by atoms with van der Waals surface area (Å²) < 4.78 is 7.88. The SMILES string of the molecule is CCCN1CCOC(C(N)CCc2nccn2C)C1. The van der Waals surface area contributed by atoms with Crippen LogP contribution in [0, 0.1) is 0 Å². The van der Waals surface area contributed by atoms with E-state index in [1.54, 1.807) is 0 Å². The quantitative estimate of drug-likeness (QED) is 0.827. The number of aryl methyl sites for hydroxylation is 2. The first kappa shape index (κ1) is 14.5. The van der Waals surface area contributed by atoms with Gasteiger partial charge >= 0.3 is 0 Å². The van der Waals surface area contributed by atoms with Crippen molar-refractivity contribution in [1.82, 2.24) is 14.5 Å². The first-order chi connectivity index (χ1) is 9.20. The zero-order chi connectivity index (χ0) is 13.7. The van der Waals surface area contributed by atoms with E-state index < -0.39 is 0 Å². The zero-order valence-corrected chi connectivity index (χ0v) is 12.1. The van der Waals surface area contributed by atoms with E-state index in [-0.39, 0.29) is 12.1 Å². The fourth-order valence-electron chi connectivity index (χ4n) is 2.63. The molecule has 19 heavy (non-hydrogen) atoms. The Labute approximate surface area is 115 Å². The first-order valence-corrected chi connectivity index (χ1v) is 7.26. The van der Waals surface area contributed by atoms with Crippen LogP contribution in [0.1, 0.15) is 25.6 Å². The molecule has 5 heteroatoms. The molecule has 0 amide bonds. The van der Waals surface area contributed by atoms with Crippen LogP contribution in [-0.4, -0.2) is 52.8 Å². The van der Waals surface area contributed by atoms with Gasteiger partial charge < -0.3 is 15.0 Å². The van der Waals surface area contributed by atoms with Gasteiger partial charge in [-0.2, -0.15) is 0 Å². The van der Waals surface area contributed by atoms with Crippen molar-refractivity contribution < 1.29 is 4.74 Å². The van der Waals surface area contributed by atoms with E-state index in [0.717, 1.165) is 44.9 Å². The van der Waals surface area contributed by atoms with Gasteiger partial charge in [0, 0.05) is 45.0 Å². The number of hydrogen-bond acceptors (Lipinski definition) is 4. The minimum Gasteiger partial charge on any atom is -0.374 e. The van der Waals surface area contributed by atoms with Gasteiger partial charge in [-0.05, 0) is 19.4 Å². The number of nitrogens with two attached hydrogens (primary N) is 1. The van der Waals surface area contributed by atoms with Crippen LogP contribution >= 0.6 is 0 Å². The molecule has 108 valence electrons. The predicted molar refractivity (Wildman–Crippen MR) is 76.0 cm³/mol. The van der Waals surface area contributed by atoms with Crippen molar-refractivity contribution in [1.29, 1.82) is 0 Å². The molecule has 1 aromatic rings. The van der Waals surface area contributed by atoms with Crippen molar-refractivity contribution in [2.24, 2.45) is 12.8 Å². The van der Waals surface area contributed by atoms with Gasteiger partial charge in [-0.3, -0.25) is 4.90 Å². The normalized spacial score (nSPS) is 22.6. The van der Waals surface area contributed by atoms with E-state index in [1.807, 2.05) is 19.4 Å². The van der Waals surface area contributed by atoms with Crippen LogP contribution in [0.2, 0.25) is 0 Å². The summed E-state index contributed by atoms with van der Waals surface area (Å²) in [6.45, 7) is 6.17. The average Bonchev–Trinajstić information content (AvgIpc) is 2.82. The lowest BCUT2D eigenvalue weighted by atomic mass is 10.0. The third-order valence-electron chi connectivity index (χ3n) is 3.82. The van der Waals surface area contributed by atoms with Gasteiger partial charge in [-0.25, -0.2) is 4.98 Å². The standard InChI is InChI=1S/C14H26N4O/c1-3-7-18-9-10-19-13(11-18)12(15)4-5-14-16-6-8-17(14)2/h6,8,12-13H,3-5,7,9-11,15H2,1-2H3. The van der Waals surface area contributed by atoms with Gasteiger partial charge in [0.25, 0.3) is 0 Å². The molecular weight excluding hydrogens is 240 g/mol. The molecule has 0 bridgehead atoms. The van der Waals surface area contributed by atoms with Crippen molar-refractivity contribution in [3.8, 4) is 0 Å². The van der Waals surface area contributed by atoms with Crippen molar-refractivity contribution in [3.63, 3.8) is 0 Å². The van der Waals surface area contributed by atoms with Gasteiger partial charge in [0.15, 0.2) is 0 Å². The van der Waals surface area contributed by atoms with Crippen LogP contribution in [0.25, 0.3) is 0 Å². The Morgan fingerprint density at radius 1 is 1.58 bits per heavy atom. The number of imidazole rings is 1. The molecule has 0 saturated carbocycles. The summed E-state index contributed by atoms with van der Waals surface area (Å²) in [5.41, 5.74) is 6.28. The first-order valence-electron chi connectivity index (χ1n) is 7.26. The molecule has 0 aliphatic carbocycles. The Balaban J connectivity index is 1.79. The smallest absolute Gasteiger partial charge is 0.108 e. The van der Waals surface area contributed by atoms with E-state index in [2.05, 4.69) is 21.4 Å². The summed E-state index contributed by atoms with van der Waals surface area (Å²) in [6.07, 6.45) is 7.01. The molecule has 2 unspecified atom stereocenters. The number of ether oxygens (including phenoxy) is 1. The maximum atomic E-state index is 6.28. The summed E-state index contributed by atoms with van der Waals surface area (Å²) in [5.74, 6) is 1.09. The number of morpholine rings is 1. The molecule has 2 atom stereocenters. The van der Waals surface area contributed by atoms with Crippen LogP contribution in [-0.2, 0) is 18.2 Å². The summed E-state index contributed by atoms with van der Waals surface area (Å²) in [6, 6.07) is 0.0938. The van der Waals surface area contributed by atoms with Crippen LogP contribution < -0.4 is 5.73 Å². The molecular formula is C14H26N4O. The minimum absolute atomic E-state index is 0.0938. The highest BCUT2D eigenvalue weighted by Crippen LogP contribution is 2.12. The largest absolute Gasteiger partial charge is 0.374 e. The fourth-order valence-corrected chi connectivity index (χ4v) is 2.63. The topological polar surface area (TPSA) is 56.3 Å². The van der Waals surface area contributed by atoms with Crippen LogP contribution in [0.5, 0.6) is 0 Å². The maximum absolute atomic E-state index is 6.28. The molecule has 2 N–H and O–H groups in total. The summed E-state index contributed by atoms with van der Waals surface area (Å²) in [4.78, 5) is 6.79. The number of nitrogens with zero attached hydrogens (tertiary/aromatic N) is 3. The summed E-state index contributed by atoms with van der Waals surface area (Å²) >= 11 is 0. The highest BCUT2D eigenvalue weighted by molar-refractivity contribution is 4.93. The Morgan fingerprint density at radius 2 is 2.42 bits per heavy atom. The van der Waals surface area contributed by atoms with E-state index in [9.17, 15) is 0 Å². The number of aromatic nitrogens is 2. The number of rotatable bonds is 6. The second-order valence-corrected chi connectivity index (χ2v) is 5.37. The molecule has 0 spiro atoms. The predicted octanol–water partition coefficient (Wildman–Crippen LogP) is 0.791. The second-order valence-electron chi connectivity index (χ2n) is 5.37.